The van der Waals surface area contributed by atoms with Crippen molar-refractivity contribution in [1.82, 2.24) is 19.8 Å². The van der Waals surface area contributed by atoms with Gasteiger partial charge in [0.05, 0.1) is 12.6 Å². The Kier molecular flexibility index (Phi) is 6.56. The quantitative estimate of drug-likeness (QED) is 0.611. The van der Waals surface area contributed by atoms with E-state index < -0.39 is 0 Å². The molecule has 0 saturated carbocycles. The zero-order valence-electron chi connectivity index (χ0n) is 16.7. The van der Waals surface area contributed by atoms with Crippen molar-refractivity contribution in [2.24, 2.45) is 0 Å². The Bertz CT molecular complexity index is 1030. The van der Waals surface area contributed by atoms with Crippen LogP contribution in [0.3, 0.4) is 0 Å². The Morgan fingerprint density at radius 1 is 1.17 bits per heavy atom. The molecule has 0 aliphatic carbocycles. The molecule has 3 heterocycles. The topological polar surface area (TPSA) is 79.3 Å². The third-order valence-electron chi connectivity index (χ3n) is 5.23. The molecule has 0 unspecified atom stereocenters. The predicted octanol–water partition coefficient (Wildman–Crippen LogP) is 3.31. The fourth-order valence-electron chi connectivity index (χ4n) is 3.76. The highest BCUT2D eigenvalue weighted by Gasteiger charge is 2.24. The Morgan fingerprint density at radius 2 is 2.03 bits per heavy atom. The van der Waals surface area contributed by atoms with Crippen molar-refractivity contribution in [1.29, 1.82) is 0 Å². The average molecular weight is 424 g/mol. The second kappa shape index (κ2) is 9.69. The summed E-state index contributed by atoms with van der Waals surface area (Å²) in [4.78, 5) is 31.8. The van der Waals surface area contributed by atoms with Crippen molar-refractivity contribution in [2.75, 3.05) is 25.0 Å². The molecule has 8 heteroatoms. The van der Waals surface area contributed by atoms with Gasteiger partial charge in [0.15, 0.2) is 0 Å². The molecule has 30 heavy (non-hydrogen) atoms. The molecule has 0 radical (unpaired) electrons. The lowest BCUT2D eigenvalue weighted by Crippen LogP contribution is -2.38. The van der Waals surface area contributed by atoms with Gasteiger partial charge in [-0.05, 0) is 61.1 Å². The molecule has 1 aliphatic rings. The first-order valence-corrected chi connectivity index (χ1v) is 11.0. The van der Waals surface area contributed by atoms with Gasteiger partial charge in [0, 0.05) is 29.5 Å². The fraction of sp³-hybridized carbons (Fsp3) is 0.318. The van der Waals surface area contributed by atoms with Crippen molar-refractivity contribution < 1.29 is 4.79 Å². The second-order valence-corrected chi connectivity index (χ2v) is 8.32. The molecule has 7 nitrogen and oxygen atoms in total. The van der Waals surface area contributed by atoms with Gasteiger partial charge in [-0.1, -0.05) is 18.2 Å². The van der Waals surface area contributed by atoms with Gasteiger partial charge in [-0.2, -0.15) is 0 Å². The Balaban J connectivity index is 1.36. The molecular weight excluding hydrogens is 398 g/mol. The molecule has 2 amide bonds. The van der Waals surface area contributed by atoms with E-state index >= 15 is 0 Å². The smallest absolute Gasteiger partial charge is 0.336 e. The van der Waals surface area contributed by atoms with Crippen LogP contribution in [0.15, 0.2) is 65.0 Å². The Labute approximate surface area is 179 Å². The first-order valence-electron chi connectivity index (χ1n) is 10.1. The summed E-state index contributed by atoms with van der Waals surface area (Å²) in [6, 6.07) is 13.4. The molecule has 1 aliphatic heterocycles. The number of anilines is 1. The highest BCUT2D eigenvalue weighted by Crippen LogP contribution is 2.27. The number of carbonyl (C=O) groups is 1. The molecule has 4 rings (SSSR count). The van der Waals surface area contributed by atoms with Crippen molar-refractivity contribution in [3.8, 4) is 0 Å². The van der Waals surface area contributed by atoms with Gasteiger partial charge in [-0.15, -0.1) is 11.3 Å². The maximum atomic E-state index is 12.5. The maximum absolute atomic E-state index is 12.5. The van der Waals surface area contributed by atoms with Crippen molar-refractivity contribution in [2.45, 2.75) is 25.4 Å². The number of nitrogens with zero attached hydrogens (tertiary/aromatic N) is 3. The summed E-state index contributed by atoms with van der Waals surface area (Å²) in [7, 11) is 0. The lowest BCUT2D eigenvalue weighted by Gasteiger charge is -2.27. The highest BCUT2D eigenvalue weighted by atomic mass is 32.1. The van der Waals surface area contributed by atoms with Crippen LogP contribution in [0.5, 0.6) is 0 Å². The average Bonchev–Trinajstić information content (AvgIpc) is 3.45. The number of aromatic nitrogens is 2. The van der Waals surface area contributed by atoms with Gasteiger partial charge in [0.2, 0.25) is 0 Å². The standard InChI is InChI=1S/C22H25N5O2S/c28-21(24-15-19(20-8-4-13-30-20)26-10-1-2-11-26)25-18-7-3-6-17(14-18)16-27-12-5-9-23-22(27)29/h3-9,12-14,19H,1-2,10-11,15-16H2,(H2,24,25,28)/t19-/m1/s1. The third-order valence-corrected chi connectivity index (χ3v) is 6.20. The summed E-state index contributed by atoms with van der Waals surface area (Å²) in [6.45, 7) is 3.11. The molecular formula is C22H25N5O2S. The van der Waals surface area contributed by atoms with Crippen LogP contribution in [0.2, 0.25) is 0 Å². The fourth-order valence-corrected chi connectivity index (χ4v) is 4.62. The van der Waals surface area contributed by atoms with Gasteiger partial charge >= 0.3 is 11.7 Å². The first kappa shape index (κ1) is 20.3. The van der Waals surface area contributed by atoms with Gasteiger partial charge in [-0.25, -0.2) is 14.6 Å². The molecule has 0 bridgehead atoms. The third kappa shape index (κ3) is 5.14. The molecule has 1 fully saturated rings. The summed E-state index contributed by atoms with van der Waals surface area (Å²) in [6.07, 6.45) is 5.60. The minimum atomic E-state index is -0.296. The molecule has 1 atom stereocenters. The van der Waals surface area contributed by atoms with Crippen molar-refractivity contribution >= 4 is 23.1 Å². The predicted molar refractivity (Wildman–Crippen MR) is 119 cm³/mol. The number of hydrogen-bond acceptors (Lipinski definition) is 5. The summed E-state index contributed by atoms with van der Waals surface area (Å²) in [5.74, 6) is 0. The van der Waals surface area contributed by atoms with Crippen LogP contribution in [0.25, 0.3) is 0 Å². The summed E-state index contributed by atoms with van der Waals surface area (Å²) in [5.41, 5.74) is 1.31. The zero-order valence-corrected chi connectivity index (χ0v) is 17.5. The van der Waals surface area contributed by atoms with E-state index in [0.717, 1.165) is 18.7 Å². The number of hydrogen-bond donors (Lipinski definition) is 2. The maximum Gasteiger partial charge on any atom is 0.347 e. The number of benzene rings is 1. The Hall–Kier alpha value is -2.97. The lowest BCUT2D eigenvalue weighted by molar-refractivity contribution is 0.229. The van der Waals surface area contributed by atoms with Gasteiger partial charge < -0.3 is 10.6 Å². The summed E-state index contributed by atoms with van der Waals surface area (Å²) < 4.78 is 1.53. The zero-order chi connectivity index (χ0) is 20.8. The van der Waals surface area contributed by atoms with Crippen LogP contribution < -0.4 is 16.3 Å². The summed E-state index contributed by atoms with van der Waals surface area (Å²) >= 11 is 1.73. The van der Waals surface area contributed by atoms with Gasteiger partial charge in [-0.3, -0.25) is 9.47 Å². The van der Waals surface area contributed by atoms with E-state index in [1.165, 1.54) is 28.5 Å². The van der Waals surface area contributed by atoms with E-state index in [9.17, 15) is 9.59 Å². The normalized spacial score (nSPS) is 15.1. The molecule has 156 valence electrons. The van der Waals surface area contributed by atoms with Crippen LogP contribution >= 0.6 is 11.3 Å². The molecule has 1 saturated heterocycles. The largest absolute Gasteiger partial charge is 0.347 e. The van der Waals surface area contributed by atoms with E-state index in [-0.39, 0.29) is 17.8 Å². The van der Waals surface area contributed by atoms with E-state index in [4.69, 9.17) is 0 Å². The van der Waals surface area contributed by atoms with Crippen LogP contribution in [-0.2, 0) is 6.54 Å². The number of likely N-dealkylation sites (tertiary alicyclic amines) is 1. The van der Waals surface area contributed by atoms with Crippen LogP contribution in [0.4, 0.5) is 10.5 Å². The molecule has 0 spiro atoms. The van der Waals surface area contributed by atoms with Crippen LogP contribution in [0, 0.1) is 0 Å². The van der Waals surface area contributed by atoms with Gasteiger partial charge in [0.1, 0.15) is 0 Å². The second-order valence-electron chi connectivity index (χ2n) is 7.34. The number of rotatable bonds is 7. The lowest BCUT2D eigenvalue weighted by atomic mass is 10.2. The van der Waals surface area contributed by atoms with Crippen molar-refractivity contribution in [3.05, 3.63) is 81.2 Å². The number of nitrogens with one attached hydrogen (secondary N) is 2. The molecule has 1 aromatic carbocycles. The number of urea groups is 1. The van der Waals surface area contributed by atoms with E-state index in [2.05, 4.69) is 38.0 Å². The van der Waals surface area contributed by atoms with Crippen LogP contribution in [-0.4, -0.2) is 40.1 Å². The Morgan fingerprint density at radius 3 is 2.80 bits per heavy atom. The van der Waals surface area contributed by atoms with Gasteiger partial charge in [0.25, 0.3) is 0 Å². The SMILES string of the molecule is O=C(NC[C@H](c1cccs1)N1CCCC1)Nc1cccc(Cn2cccnc2=O)c1. The monoisotopic (exact) mass is 423 g/mol. The first-order chi connectivity index (χ1) is 14.7. The number of thiophene rings is 1. The number of amides is 2. The van der Waals surface area contributed by atoms with Crippen molar-refractivity contribution in [3.63, 3.8) is 0 Å². The highest BCUT2D eigenvalue weighted by molar-refractivity contribution is 7.10. The molecule has 2 aromatic heterocycles. The van der Waals surface area contributed by atoms with E-state index in [1.807, 2.05) is 24.3 Å². The molecule has 2 N–H and O–H groups in total. The molecule has 3 aromatic rings. The van der Waals surface area contributed by atoms with Crippen LogP contribution in [0.1, 0.15) is 29.3 Å². The van der Waals surface area contributed by atoms with E-state index in [0.29, 0.717) is 18.8 Å². The minimum Gasteiger partial charge on any atom is -0.336 e. The summed E-state index contributed by atoms with van der Waals surface area (Å²) in [5, 5.41) is 8.01. The number of carbonyl (C=O) groups excluding carboxylic acids is 1. The minimum absolute atomic E-state index is 0.210. The van der Waals surface area contributed by atoms with E-state index in [1.54, 1.807) is 23.6 Å².